The Kier molecular flexibility index (Phi) is 5.45. The fourth-order valence-electron chi connectivity index (χ4n) is 2.72. The van der Waals surface area contributed by atoms with Crippen LogP contribution in [0.2, 0.25) is 0 Å². The van der Waals surface area contributed by atoms with Crippen molar-refractivity contribution < 1.29 is 27.4 Å². The smallest absolute Gasteiger partial charge is 0.240 e. The SMILES string of the molecule is CCOc1ccc(S(=O)(=O)NCC(O)c2ccc3c(c2)CCO3)cc1F. The molecule has 1 heterocycles. The summed E-state index contributed by atoms with van der Waals surface area (Å²) in [5, 5.41) is 10.3. The predicted molar refractivity (Wildman–Crippen MR) is 93.4 cm³/mol. The number of fused-ring (bicyclic) bond motifs is 1. The van der Waals surface area contributed by atoms with E-state index in [1.54, 1.807) is 25.1 Å². The number of ether oxygens (including phenoxy) is 2. The number of hydrogen-bond donors (Lipinski definition) is 2. The summed E-state index contributed by atoms with van der Waals surface area (Å²) in [5.74, 6) is 0.0205. The van der Waals surface area contributed by atoms with Gasteiger partial charge < -0.3 is 14.6 Å². The summed E-state index contributed by atoms with van der Waals surface area (Å²) in [7, 11) is -3.96. The number of benzene rings is 2. The van der Waals surface area contributed by atoms with Crippen LogP contribution in [-0.2, 0) is 16.4 Å². The Bertz CT molecular complexity index is 900. The zero-order chi connectivity index (χ0) is 18.7. The lowest BCUT2D eigenvalue weighted by atomic mass is 10.0. The topological polar surface area (TPSA) is 84.9 Å². The molecule has 2 aromatic rings. The number of aliphatic hydroxyl groups is 1. The van der Waals surface area contributed by atoms with Gasteiger partial charge in [-0.2, -0.15) is 0 Å². The minimum atomic E-state index is -3.96. The predicted octanol–water partition coefficient (Wildman–Crippen LogP) is 2.17. The van der Waals surface area contributed by atoms with Crippen molar-refractivity contribution in [2.75, 3.05) is 19.8 Å². The molecule has 2 N–H and O–H groups in total. The Morgan fingerprint density at radius 1 is 1.31 bits per heavy atom. The van der Waals surface area contributed by atoms with Crippen LogP contribution in [0.1, 0.15) is 24.2 Å². The molecule has 0 radical (unpaired) electrons. The van der Waals surface area contributed by atoms with E-state index in [1.165, 1.54) is 12.1 Å². The van der Waals surface area contributed by atoms with Gasteiger partial charge in [-0.05, 0) is 48.4 Å². The molecular formula is C18H20FNO5S. The fourth-order valence-corrected chi connectivity index (χ4v) is 3.77. The average Bonchev–Trinajstić information content (AvgIpc) is 3.09. The number of halogens is 1. The highest BCUT2D eigenvalue weighted by atomic mass is 32.2. The lowest BCUT2D eigenvalue weighted by Gasteiger charge is -2.14. The maximum Gasteiger partial charge on any atom is 0.240 e. The number of nitrogens with one attached hydrogen (secondary N) is 1. The summed E-state index contributed by atoms with van der Waals surface area (Å²) in [4.78, 5) is -0.229. The van der Waals surface area contributed by atoms with Gasteiger partial charge >= 0.3 is 0 Å². The van der Waals surface area contributed by atoms with Crippen molar-refractivity contribution in [1.82, 2.24) is 4.72 Å². The van der Waals surface area contributed by atoms with E-state index < -0.39 is 21.9 Å². The van der Waals surface area contributed by atoms with E-state index in [9.17, 15) is 17.9 Å². The van der Waals surface area contributed by atoms with Crippen molar-refractivity contribution in [3.8, 4) is 11.5 Å². The third-order valence-electron chi connectivity index (χ3n) is 4.08. The van der Waals surface area contributed by atoms with Crippen LogP contribution in [0.3, 0.4) is 0 Å². The van der Waals surface area contributed by atoms with Gasteiger partial charge in [0.05, 0.1) is 24.2 Å². The molecule has 2 aromatic carbocycles. The summed E-state index contributed by atoms with van der Waals surface area (Å²) in [6.45, 7) is 2.36. The second kappa shape index (κ2) is 7.61. The van der Waals surface area contributed by atoms with Gasteiger partial charge in [0.15, 0.2) is 11.6 Å². The zero-order valence-corrected chi connectivity index (χ0v) is 15.1. The third kappa shape index (κ3) is 3.98. The minimum absolute atomic E-state index is 0.00755. The van der Waals surface area contributed by atoms with Crippen molar-refractivity contribution in [1.29, 1.82) is 0 Å². The van der Waals surface area contributed by atoms with Crippen LogP contribution in [0.15, 0.2) is 41.3 Å². The van der Waals surface area contributed by atoms with E-state index in [2.05, 4.69) is 4.72 Å². The largest absolute Gasteiger partial charge is 0.493 e. The second-order valence-corrected chi connectivity index (χ2v) is 7.63. The van der Waals surface area contributed by atoms with Gasteiger partial charge in [0.1, 0.15) is 5.75 Å². The second-order valence-electron chi connectivity index (χ2n) is 5.86. The van der Waals surface area contributed by atoms with Gasteiger partial charge in [0, 0.05) is 13.0 Å². The highest BCUT2D eigenvalue weighted by Crippen LogP contribution is 2.28. The van der Waals surface area contributed by atoms with Crippen LogP contribution in [-0.4, -0.2) is 33.3 Å². The monoisotopic (exact) mass is 381 g/mol. The van der Waals surface area contributed by atoms with Crippen molar-refractivity contribution in [2.45, 2.75) is 24.3 Å². The first-order valence-corrected chi connectivity index (χ1v) is 9.74. The molecule has 0 bridgehead atoms. The van der Waals surface area contributed by atoms with Crippen LogP contribution in [0.25, 0.3) is 0 Å². The molecule has 1 aliphatic heterocycles. The Balaban J connectivity index is 1.69. The van der Waals surface area contributed by atoms with Crippen LogP contribution in [0, 0.1) is 5.82 Å². The molecule has 0 fully saturated rings. The summed E-state index contributed by atoms with van der Waals surface area (Å²) in [6, 6.07) is 8.68. The van der Waals surface area contributed by atoms with E-state index in [-0.39, 0.29) is 23.8 Å². The van der Waals surface area contributed by atoms with Gasteiger partial charge in [-0.1, -0.05) is 6.07 Å². The molecule has 140 valence electrons. The standard InChI is InChI=1S/C18H20FNO5S/c1-2-24-18-6-4-14(10-15(18)19)26(22,23)20-11-16(21)12-3-5-17-13(9-12)7-8-25-17/h3-6,9-10,16,20-21H,2,7-8,11H2,1H3. The molecule has 0 saturated heterocycles. The molecule has 0 spiro atoms. The lowest BCUT2D eigenvalue weighted by Crippen LogP contribution is -2.28. The molecule has 1 unspecified atom stereocenters. The third-order valence-corrected chi connectivity index (χ3v) is 5.50. The molecule has 0 aliphatic carbocycles. The first-order valence-electron chi connectivity index (χ1n) is 8.26. The van der Waals surface area contributed by atoms with E-state index in [4.69, 9.17) is 9.47 Å². The van der Waals surface area contributed by atoms with Gasteiger partial charge in [-0.3, -0.25) is 0 Å². The van der Waals surface area contributed by atoms with Crippen molar-refractivity contribution in [3.05, 3.63) is 53.3 Å². The highest BCUT2D eigenvalue weighted by Gasteiger charge is 2.20. The molecule has 0 saturated carbocycles. The first kappa shape index (κ1) is 18.6. The average molecular weight is 381 g/mol. The first-order chi connectivity index (χ1) is 12.4. The van der Waals surface area contributed by atoms with Gasteiger partial charge in [-0.25, -0.2) is 17.5 Å². The van der Waals surface area contributed by atoms with E-state index >= 15 is 0 Å². The molecule has 0 amide bonds. The van der Waals surface area contributed by atoms with E-state index in [1.807, 2.05) is 0 Å². The molecule has 26 heavy (non-hydrogen) atoms. The summed E-state index contributed by atoms with van der Waals surface area (Å²) in [5.41, 5.74) is 1.58. The molecule has 8 heteroatoms. The Morgan fingerprint density at radius 2 is 2.12 bits per heavy atom. The van der Waals surface area contributed by atoms with Crippen LogP contribution >= 0.6 is 0 Å². The Hall–Kier alpha value is -2.16. The highest BCUT2D eigenvalue weighted by molar-refractivity contribution is 7.89. The minimum Gasteiger partial charge on any atom is -0.493 e. The molecule has 6 nitrogen and oxygen atoms in total. The van der Waals surface area contributed by atoms with Crippen LogP contribution < -0.4 is 14.2 Å². The number of hydrogen-bond acceptors (Lipinski definition) is 5. The molecule has 1 atom stereocenters. The zero-order valence-electron chi connectivity index (χ0n) is 14.2. The quantitative estimate of drug-likeness (QED) is 0.768. The molecule has 3 rings (SSSR count). The van der Waals surface area contributed by atoms with E-state index in [0.29, 0.717) is 12.2 Å². The Labute approximate surface area is 151 Å². The van der Waals surface area contributed by atoms with Crippen molar-refractivity contribution in [3.63, 3.8) is 0 Å². The molecule has 0 aromatic heterocycles. The summed E-state index contributed by atoms with van der Waals surface area (Å²) < 4.78 is 51.3. The number of rotatable bonds is 7. The lowest BCUT2D eigenvalue weighted by molar-refractivity contribution is 0.182. The number of aliphatic hydroxyl groups excluding tert-OH is 1. The normalized spacial score (nSPS) is 14.6. The van der Waals surface area contributed by atoms with Crippen molar-refractivity contribution in [2.24, 2.45) is 0 Å². The van der Waals surface area contributed by atoms with Crippen LogP contribution in [0.5, 0.6) is 11.5 Å². The van der Waals surface area contributed by atoms with E-state index in [0.717, 1.165) is 23.8 Å². The summed E-state index contributed by atoms with van der Waals surface area (Å²) >= 11 is 0. The summed E-state index contributed by atoms with van der Waals surface area (Å²) in [6.07, 6.45) is -0.268. The van der Waals surface area contributed by atoms with Gasteiger partial charge in [0.25, 0.3) is 0 Å². The molecular weight excluding hydrogens is 361 g/mol. The van der Waals surface area contributed by atoms with Crippen LogP contribution in [0.4, 0.5) is 4.39 Å². The van der Waals surface area contributed by atoms with Gasteiger partial charge in [-0.15, -0.1) is 0 Å². The molecule has 1 aliphatic rings. The maximum atomic E-state index is 13.9. The van der Waals surface area contributed by atoms with Gasteiger partial charge in [0.2, 0.25) is 10.0 Å². The fraction of sp³-hybridized carbons (Fsp3) is 0.333. The van der Waals surface area contributed by atoms with Crippen molar-refractivity contribution >= 4 is 10.0 Å². The maximum absolute atomic E-state index is 13.9. The number of sulfonamides is 1. The Morgan fingerprint density at radius 3 is 2.85 bits per heavy atom.